The largest absolute Gasteiger partial charge is 0.481 e. The van der Waals surface area contributed by atoms with Gasteiger partial charge in [0.15, 0.2) is 0 Å². The Kier molecular flexibility index (Phi) is 7.54. The molecular weight excluding hydrogens is 268 g/mol. The molecule has 1 saturated heterocycles. The predicted molar refractivity (Wildman–Crippen MR) is 83.2 cm³/mol. The molecule has 0 aliphatic carbocycles. The number of urea groups is 1. The lowest BCUT2D eigenvalue weighted by Gasteiger charge is -2.35. The van der Waals surface area contributed by atoms with Crippen molar-refractivity contribution in [1.82, 2.24) is 10.2 Å². The van der Waals surface area contributed by atoms with E-state index in [2.05, 4.69) is 26.1 Å². The zero-order chi connectivity index (χ0) is 15.8. The van der Waals surface area contributed by atoms with Gasteiger partial charge < -0.3 is 15.3 Å². The molecule has 1 rings (SSSR count). The first kappa shape index (κ1) is 17.8. The molecule has 0 aromatic carbocycles. The van der Waals surface area contributed by atoms with Gasteiger partial charge in [-0.2, -0.15) is 0 Å². The maximum Gasteiger partial charge on any atom is 0.317 e. The van der Waals surface area contributed by atoms with E-state index in [1.807, 2.05) is 4.90 Å². The van der Waals surface area contributed by atoms with E-state index in [4.69, 9.17) is 5.11 Å². The SMILES string of the molecule is CCC1CCCCN1C(=O)NCC(CC(=O)O)CC(C)C. The number of carbonyl (C=O) groups excluding carboxylic acids is 1. The summed E-state index contributed by atoms with van der Waals surface area (Å²) in [6, 6.07) is 0.308. The molecule has 1 aliphatic rings. The van der Waals surface area contributed by atoms with Gasteiger partial charge in [0.05, 0.1) is 0 Å². The van der Waals surface area contributed by atoms with Crippen LogP contribution in [-0.4, -0.2) is 41.1 Å². The van der Waals surface area contributed by atoms with Crippen LogP contribution in [0.3, 0.4) is 0 Å². The summed E-state index contributed by atoms with van der Waals surface area (Å²) in [5, 5.41) is 11.9. The van der Waals surface area contributed by atoms with E-state index in [9.17, 15) is 9.59 Å². The normalized spacial score (nSPS) is 20.4. The van der Waals surface area contributed by atoms with Gasteiger partial charge in [0.1, 0.15) is 0 Å². The second kappa shape index (κ2) is 8.90. The maximum absolute atomic E-state index is 12.3. The lowest BCUT2D eigenvalue weighted by Crippen LogP contribution is -2.49. The van der Waals surface area contributed by atoms with Crippen molar-refractivity contribution in [2.24, 2.45) is 11.8 Å². The highest BCUT2D eigenvalue weighted by Crippen LogP contribution is 2.20. The number of hydrogen-bond acceptors (Lipinski definition) is 2. The topological polar surface area (TPSA) is 69.6 Å². The molecule has 0 aromatic heterocycles. The third-order valence-corrected chi connectivity index (χ3v) is 4.17. The standard InChI is InChI=1S/C16H30N2O3/c1-4-14-7-5-6-8-18(14)16(21)17-11-13(9-12(2)3)10-15(19)20/h12-14H,4-11H2,1-3H3,(H,17,21)(H,19,20). The molecule has 0 spiro atoms. The summed E-state index contributed by atoms with van der Waals surface area (Å²) in [5.41, 5.74) is 0. The molecule has 122 valence electrons. The Morgan fingerprint density at radius 1 is 1.33 bits per heavy atom. The van der Waals surface area contributed by atoms with Crippen LogP contribution in [0.4, 0.5) is 4.79 Å². The fourth-order valence-electron chi connectivity index (χ4n) is 3.18. The quantitative estimate of drug-likeness (QED) is 0.759. The van der Waals surface area contributed by atoms with Crippen LogP contribution in [0.1, 0.15) is 59.3 Å². The highest BCUT2D eigenvalue weighted by molar-refractivity contribution is 5.74. The zero-order valence-corrected chi connectivity index (χ0v) is 13.6. The number of amides is 2. The van der Waals surface area contributed by atoms with E-state index < -0.39 is 5.97 Å². The van der Waals surface area contributed by atoms with Crippen molar-refractivity contribution in [2.75, 3.05) is 13.1 Å². The number of nitrogens with zero attached hydrogens (tertiary/aromatic N) is 1. The highest BCUT2D eigenvalue weighted by Gasteiger charge is 2.26. The number of aliphatic carboxylic acids is 1. The number of carboxylic acid groups (broad SMARTS) is 1. The number of likely N-dealkylation sites (tertiary alicyclic amines) is 1. The Hall–Kier alpha value is -1.26. The summed E-state index contributed by atoms with van der Waals surface area (Å²) in [6.45, 7) is 7.54. The molecule has 1 fully saturated rings. The Balaban J connectivity index is 2.49. The van der Waals surface area contributed by atoms with Crippen molar-refractivity contribution in [1.29, 1.82) is 0 Å². The van der Waals surface area contributed by atoms with Crippen LogP contribution in [0, 0.1) is 11.8 Å². The summed E-state index contributed by atoms with van der Waals surface area (Å²) in [7, 11) is 0. The number of carbonyl (C=O) groups is 2. The molecule has 1 heterocycles. The molecule has 5 heteroatoms. The van der Waals surface area contributed by atoms with Gasteiger partial charge in [-0.25, -0.2) is 4.79 Å². The van der Waals surface area contributed by atoms with Crippen LogP contribution in [-0.2, 0) is 4.79 Å². The smallest absolute Gasteiger partial charge is 0.317 e. The van der Waals surface area contributed by atoms with E-state index in [0.29, 0.717) is 18.5 Å². The van der Waals surface area contributed by atoms with E-state index in [0.717, 1.165) is 32.2 Å². The number of hydrogen-bond donors (Lipinski definition) is 2. The van der Waals surface area contributed by atoms with Gasteiger partial charge in [-0.05, 0) is 43.9 Å². The van der Waals surface area contributed by atoms with Crippen molar-refractivity contribution in [3.63, 3.8) is 0 Å². The molecule has 21 heavy (non-hydrogen) atoms. The third-order valence-electron chi connectivity index (χ3n) is 4.17. The molecule has 5 nitrogen and oxygen atoms in total. The minimum Gasteiger partial charge on any atom is -0.481 e. The summed E-state index contributed by atoms with van der Waals surface area (Å²) in [5.74, 6) is -0.347. The average Bonchev–Trinajstić information content (AvgIpc) is 2.43. The number of rotatable bonds is 7. The van der Waals surface area contributed by atoms with Crippen LogP contribution in [0.5, 0.6) is 0 Å². The Morgan fingerprint density at radius 3 is 2.62 bits per heavy atom. The number of piperidine rings is 1. The fraction of sp³-hybridized carbons (Fsp3) is 0.875. The van der Waals surface area contributed by atoms with E-state index in [1.54, 1.807) is 0 Å². The minimum atomic E-state index is -0.792. The minimum absolute atomic E-state index is 0.0105. The summed E-state index contributed by atoms with van der Waals surface area (Å²) in [6.07, 6.45) is 5.26. The number of nitrogens with one attached hydrogen (secondary N) is 1. The lowest BCUT2D eigenvalue weighted by molar-refractivity contribution is -0.138. The van der Waals surface area contributed by atoms with Gasteiger partial charge in [0, 0.05) is 25.6 Å². The first-order valence-corrected chi connectivity index (χ1v) is 8.20. The average molecular weight is 298 g/mol. The van der Waals surface area contributed by atoms with Gasteiger partial charge in [-0.3, -0.25) is 4.79 Å². The summed E-state index contributed by atoms with van der Waals surface area (Å²) >= 11 is 0. The van der Waals surface area contributed by atoms with Crippen LogP contribution in [0.15, 0.2) is 0 Å². The van der Waals surface area contributed by atoms with Crippen molar-refractivity contribution in [3.8, 4) is 0 Å². The molecule has 0 aromatic rings. The molecular formula is C16H30N2O3. The predicted octanol–water partition coefficient (Wildman–Crippen LogP) is 3.10. The fourth-order valence-corrected chi connectivity index (χ4v) is 3.18. The van der Waals surface area contributed by atoms with Gasteiger partial charge >= 0.3 is 12.0 Å². The van der Waals surface area contributed by atoms with Gasteiger partial charge in [-0.15, -0.1) is 0 Å². The van der Waals surface area contributed by atoms with Crippen molar-refractivity contribution in [2.45, 2.75) is 65.3 Å². The van der Waals surface area contributed by atoms with Crippen LogP contribution >= 0.6 is 0 Å². The second-order valence-electron chi connectivity index (χ2n) is 6.53. The molecule has 0 bridgehead atoms. The maximum atomic E-state index is 12.3. The molecule has 2 amide bonds. The van der Waals surface area contributed by atoms with E-state index in [1.165, 1.54) is 6.42 Å². The van der Waals surface area contributed by atoms with Gasteiger partial charge in [-0.1, -0.05) is 20.8 Å². The molecule has 2 N–H and O–H groups in total. The molecule has 0 radical (unpaired) electrons. The van der Waals surface area contributed by atoms with Crippen LogP contribution < -0.4 is 5.32 Å². The monoisotopic (exact) mass is 298 g/mol. The summed E-state index contributed by atoms with van der Waals surface area (Å²) < 4.78 is 0. The summed E-state index contributed by atoms with van der Waals surface area (Å²) in [4.78, 5) is 25.2. The second-order valence-corrected chi connectivity index (χ2v) is 6.53. The van der Waals surface area contributed by atoms with E-state index >= 15 is 0 Å². The lowest BCUT2D eigenvalue weighted by atomic mass is 9.94. The highest BCUT2D eigenvalue weighted by atomic mass is 16.4. The molecule has 2 unspecified atom stereocenters. The molecule has 2 atom stereocenters. The Bertz CT molecular complexity index is 344. The Morgan fingerprint density at radius 2 is 2.05 bits per heavy atom. The zero-order valence-electron chi connectivity index (χ0n) is 13.6. The Labute approximate surface area is 128 Å². The van der Waals surface area contributed by atoms with Gasteiger partial charge in [0.25, 0.3) is 0 Å². The van der Waals surface area contributed by atoms with Crippen molar-refractivity contribution in [3.05, 3.63) is 0 Å². The van der Waals surface area contributed by atoms with Gasteiger partial charge in [0.2, 0.25) is 0 Å². The third kappa shape index (κ3) is 6.36. The first-order valence-electron chi connectivity index (χ1n) is 8.20. The first-order chi connectivity index (χ1) is 9.93. The molecule has 0 saturated carbocycles. The van der Waals surface area contributed by atoms with Crippen LogP contribution in [0.25, 0.3) is 0 Å². The molecule has 1 aliphatic heterocycles. The number of carboxylic acids is 1. The van der Waals surface area contributed by atoms with Crippen LogP contribution in [0.2, 0.25) is 0 Å². The van der Waals surface area contributed by atoms with Crippen molar-refractivity contribution < 1.29 is 14.7 Å². The van der Waals surface area contributed by atoms with E-state index in [-0.39, 0.29) is 18.4 Å². The van der Waals surface area contributed by atoms with Crippen molar-refractivity contribution >= 4 is 12.0 Å².